The summed E-state index contributed by atoms with van der Waals surface area (Å²) in [5.74, 6) is -5.40. The van der Waals surface area contributed by atoms with Crippen molar-refractivity contribution in [2.45, 2.75) is 70.3 Å². The van der Waals surface area contributed by atoms with E-state index in [2.05, 4.69) is 10.6 Å². The Kier molecular flexibility index (Phi) is 9.18. The fourth-order valence-electron chi connectivity index (χ4n) is 3.12. The van der Waals surface area contributed by atoms with Crippen LogP contribution in [-0.4, -0.2) is 86.7 Å². The Morgan fingerprint density at radius 3 is 2.17 bits per heavy atom. The highest BCUT2D eigenvalue weighted by molar-refractivity contribution is 5.95. The highest BCUT2D eigenvalue weighted by Gasteiger charge is 2.39. The number of aliphatic hydroxyl groups excluding tert-OH is 1. The Bertz CT molecular complexity index is 681. The average Bonchev–Trinajstić information content (AvgIpc) is 3.12. The summed E-state index contributed by atoms with van der Waals surface area (Å²) in [5, 5.41) is 32.1. The molecule has 5 unspecified atom stereocenters. The quantitative estimate of drug-likeness (QED) is 0.224. The second-order valence-electron chi connectivity index (χ2n) is 7.68. The predicted molar refractivity (Wildman–Crippen MR) is 103 cm³/mol. The number of carbonyl (C=O) groups is 5. The molecule has 0 radical (unpaired) electrons. The number of nitrogens with zero attached hydrogens (tertiary/aromatic N) is 1. The lowest BCUT2D eigenvalue weighted by molar-refractivity contribution is -0.147. The summed E-state index contributed by atoms with van der Waals surface area (Å²) in [4.78, 5) is 61.0. The summed E-state index contributed by atoms with van der Waals surface area (Å²) in [6, 6.07) is -4.86. The molecule has 5 atom stereocenters. The van der Waals surface area contributed by atoms with Gasteiger partial charge in [0.15, 0.2) is 0 Å². The molecule has 30 heavy (non-hydrogen) atoms. The molecule has 7 N–H and O–H groups in total. The predicted octanol–water partition coefficient (Wildman–Crippen LogP) is -2.13. The minimum atomic E-state index is -1.65. The van der Waals surface area contributed by atoms with Crippen molar-refractivity contribution in [3.05, 3.63) is 0 Å². The number of hydrogen-bond donors (Lipinski definition) is 6. The van der Waals surface area contributed by atoms with E-state index in [0.717, 1.165) is 0 Å². The second kappa shape index (κ2) is 10.9. The Morgan fingerprint density at radius 2 is 1.70 bits per heavy atom. The van der Waals surface area contributed by atoms with E-state index >= 15 is 0 Å². The van der Waals surface area contributed by atoms with Gasteiger partial charge in [0.2, 0.25) is 17.7 Å². The van der Waals surface area contributed by atoms with Gasteiger partial charge in [-0.05, 0) is 25.7 Å². The topological polar surface area (TPSA) is 199 Å². The number of nitrogens with one attached hydrogen (secondary N) is 2. The Hall–Kier alpha value is -2.73. The van der Waals surface area contributed by atoms with Gasteiger partial charge in [-0.15, -0.1) is 0 Å². The molecule has 1 aliphatic rings. The molecule has 1 rings (SSSR count). The number of likely N-dealkylation sites (tertiary alicyclic amines) is 1. The minimum Gasteiger partial charge on any atom is -0.481 e. The van der Waals surface area contributed by atoms with Crippen LogP contribution in [0.4, 0.5) is 0 Å². The molecular weight excluding hydrogens is 400 g/mol. The van der Waals surface area contributed by atoms with E-state index < -0.39 is 72.3 Å². The van der Waals surface area contributed by atoms with Gasteiger partial charge in [0, 0.05) is 6.54 Å². The molecule has 0 bridgehead atoms. The van der Waals surface area contributed by atoms with E-state index in [0.29, 0.717) is 12.8 Å². The third-order valence-corrected chi connectivity index (χ3v) is 4.88. The molecule has 0 aromatic carbocycles. The molecular formula is C18H30N4O8. The first kappa shape index (κ1) is 25.3. The van der Waals surface area contributed by atoms with Crippen LogP contribution in [-0.2, 0) is 24.0 Å². The van der Waals surface area contributed by atoms with Gasteiger partial charge in [-0.2, -0.15) is 0 Å². The highest BCUT2D eigenvalue weighted by atomic mass is 16.4. The summed E-state index contributed by atoms with van der Waals surface area (Å²) in [7, 11) is 0. The summed E-state index contributed by atoms with van der Waals surface area (Å²) in [6.07, 6.45) is -1.04. The van der Waals surface area contributed by atoms with Crippen LogP contribution in [0.5, 0.6) is 0 Å². The lowest BCUT2D eigenvalue weighted by Crippen LogP contribution is -2.58. The number of aliphatic carboxylic acids is 2. The van der Waals surface area contributed by atoms with Gasteiger partial charge in [-0.3, -0.25) is 19.2 Å². The van der Waals surface area contributed by atoms with Gasteiger partial charge in [0.25, 0.3) is 0 Å². The first-order valence-electron chi connectivity index (χ1n) is 9.66. The van der Waals surface area contributed by atoms with Crippen molar-refractivity contribution >= 4 is 29.7 Å². The Balaban J connectivity index is 2.90. The molecule has 1 heterocycles. The maximum atomic E-state index is 12.8. The van der Waals surface area contributed by atoms with Gasteiger partial charge in [0.1, 0.15) is 24.2 Å². The number of carboxylic acid groups (broad SMARTS) is 2. The zero-order chi connectivity index (χ0) is 23.2. The largest absolute Gasteiger partial charge is 0.481 e. The monoisotopic (exact) mass is 430 g/mol. The van der Waals surface area contributed by atoms with E-state index in [-0.39, 0.29) is 6.54 Å². The van der Waals surface area contributed by atoms with Gasteiger partial charge >= 0.3 is 11.9 Å². The Labute approximate surface area is 173 Å². The number of hydrogen-bond acceptors (Lipinski definition) is 7. The van der Waals surface area contributed by atoms with Crippen molar-refractivity contribution in [2.24, 2.45) is 11.7 Å². The normalized spacial score (nSPS) is 20.2. The van der Waals surface area contributed by atoms with Crippen LogP contribution < -0.4 is 16.4 Å². The lowest BCUT2D eigenvalue weighted by atomic mass is 10.0. The van der Waals surface area contributed by atoms with Crippen LogP contribution >= 0.6 is 0 Å². The van der Waals surface area contributed by atoms with Crippen LogP contribution in [0.2, 0.25) is 0 Å². The van der Waals surface area contributed by atoms with Crippen molar-refractivity contribution in [2.75, 3.05) is 6.54 Å². The molecule has 12 nitrogen and oxygen atoms in total. The smallest absolute Gasteiger partial charge is 0.326 e. The summed E-state index contributed by atoms with van der Waals surface area (Å²) < 4.78 is 0. The van der Waals surface area contributed by atoms with Gasteiger partial charge in [-0.1, -0.05) is 13.8 Å². The number of rotatable bonds is 10. The van der Waals surface area contributed by atoms with Gasteiger partial charge in [0.05, 0.1) is 12.5 Å². The molecule has 0 saturated carbocycles. The summed E-state index contributed by atoms with van der Waals surface area (Å²) in [6.45, 7) is 4.88. The fraction of sp³-hybridized carbons (Fsp3) is 0.722. The standard InChI is InChI=1S/C18H30N4O8/c1-8(2)14(16(27)20-10(18(29)30)7-12(24)25)21-15(26)11-5-4-6-22(11)17(28)13(19)9(3)23/h8-11,13-14,23H,4-7,19H2,1-3H3,(H,20,27)(H,21,26)(H,24,25)(H,29,30). The number of amides is 3. The van der Waals surface area contributed by atoms with Gasteiger partial charge in [-0.25, -0.2) is 4.79 Å². The Morgan fingerprint density at radius 1 is 1.10 bits per heavy atom. The third-order valence-electron chi connectivity index (χ3n) is 4.88. The SMILES string of the molecule is CC(C)C(NC(=O)C1CCCN1C(=O)C(N)C(C)O)C(=O)NC(CC(=O)O)C(=O)O. The number of carbonyl (C=O) groups excluding carboxylic acids is 3. The molecule has 1 saturated heterocycles. The van der Waals surface area contributed by atoms with Crippen molar-refractivity contribution in [3.63, 3.8) is 0 Å². The van der Waals surface area contributed by atoms with Crippen LogP contribution in [0, 0.1) is 5.92 Å². The van der Waals surface area contributed by atoms with E-state index in [1.165, 1.54) is 11.8 Å². The van der Waals surface area contributed by atoms with Crippen LogP contribution in [0.25, 0.3) is 0 Å². The van der Waals surface area contributed by atoms with E-state index in [1.807, 2.05) is 0 Å². The fourth-order valence-corrected chi connectivity index (χ4v) is 3.12. The molecule has 0 aromatic rings. The first-order valence-corrected chi connectivity index (χ1v) is 9.66. The average molecular weight is 430 g/mol. The molecule has 1 fully saturated rings. The maximum absolute atomic E-state index is 12.8. The van der Waals surface area contributed by atoms with Crippen molar-refractivity contribution in [3.8, 4) is 0 Å². The second-order valence-corrected chi connectivity index (χ2v) is 7.68. The van der Waals surface area contributed by atoms with E-state index in [4.69, 9.17) is 15.9 Å². The minimum absolute atomic E-state index is 0.273. The highest BCUT2D eigenvalue weighted by Crippen LogP contribution is 2.19. The van der Waals surface area contributed by atoms with E-state index in [1.54, 1.807) is 13.8 Å². The summed E-state index contributed by atoms with van der Waals surface area (Å²) >= 11 is 0. The molecule has 0 aliphatic carbocycles. The zero-order valence-corrected chi connectivity index (χ0v) is 17.2. The number of aliphatic hydroxyl groups is 1. The van der Waals surface area contributed by atoms with Gasteiger partial charge < -0.3 is 36.6 Å². The third kappa shape index (κ3) is 6.66. The van der Waals surface area contributed by atoms with Crippen molar-refractivity contribution < 1.29 is 39.3 Å². The van der Waals surface area contributed by atoms with Crippen LogP contribution in [0.15, 0.2) is 0 Å². The number of nitrogens with two attached hydrogens (primary N) is 1. The van der Waals surface area contributed by atoms with Crippen LogP contribution in [0.1, 0.15) is 40.0 Å². The number of carboxylic acids is 2. The molecule has 170 valence electrons. The molecule has 0 aromatic heterocycles. The zero-order valence-electron chi connectivity index (χ0n) is 17.2. The lowest BCUT2D eigenvalue weighted by Gasteiger charge is -2.30. The van der Waals surface area contributed by atoms with Crippen molar-refractivity contribution in [1.82, 2.24) is 15.5 Å². The molecule has 12 heteroatoms. The van der Waals surface area contributed by atoms with Crippen LogP contribution in [0.3, 0.4) is 0 Å². The first-order chi connectivity index (χ1) is 13.9. The molecule has 3 amide bonds. The molecule has 1 aliphatic heterocycles. The van der Waals surface area contributed by atoms with E-state index in [9.17, 15) is 29.1 Å². The maximum Gasteiger partial charge on any atom is 0.326 e. The summed E-state index contributed by atoms with van der Waals surface area (Å²) in [5.41, 5.74) is 5.68. The van der Waals surface area contributed by atoms with Crippen molar-refractivity contribution in [1.29, 1.82) is 0 Å². The molecule has 0 spiro atoms.